The van der Waals surface area contributed by atoms with Gasteiger partial charge in [-0.1, -0.05) is 0 Å². The molecule has 4 heteroatoms. The van der Waals surface area contributed by atoms with Crippen molar-refractivity contribution in [1.82, 2.24) is 0 Å². The first-order chi connectivity index (χ1) is 9.00. The number of rotatable bonds is 0. The topological polar surface area (TPSA) is 0 Å². The van der Waals surface area contributed by atoms with E-state index in [-0.39, 0.29) is 0 Å². The summed E-state index contributed by atoms with van der Waals surface area (Å²) in [6.07, 6.45) is 2.52. The fourth-order valence-corrected chi connectivity index (χ4v) is 7.02. The summed E-state index contributed by atoms with van der Waals surface area (Å²) in [4.78, 5) is 12.8. The summed E-state index contributed by atoms with van der Waals surface area (Å²) in [6, 6.07) is 0. The average Bonchev–Trinajstić information content (AvgIpc) is 2.39. The molecule has 1 rings (SSSR count). The van der Waals surface area contributed by atoms with Crippen molar-refractivity contribution in [3.63, 3.8) is 0 Å². The van der Waals surface area contributed by atoms with Crippen LogP contribution < -0.4 is 0 Å². The van der Waals surface area contributed by atoms with Crippen LogP contribution >= 0.6 is 0 Å². The van der Waals surface area contributed by atoms with Gasteiger partial charge in [0.25, 0.3) is 0 Å². The predicted molar refractivity (Wildman–Crippen MR) is 82.6 cm³/mol. The van der Waals surface area contributed by atoms with Crippen molar-refractivity contribution in [3.8, 4) is 43.0 Å². The molecule has 0 fully saturated rings. The van der Waals surface area contributed by atoms with Crippen molar-refractivity contribution in [1.29, 1.82) is 0 Å². The third kappa shape index (κ3) is 11.4. The minimum absolute atomic E-state index is 0.457. The zero-order valence-corrected chi connectivity index (χ0v) is 16.7. The fraction of sp³-hybridized carbons (Fsp3) is 0.429. The van der Waals surface area contributed by atoms with Crippen LogP contribution in [0.4, 0.5) is 0 Å². The van der Waals surface area contributed by atoms with Crippen LogP contribution in [0.15, 0.2) is 0 Å². The second-order valence-corrected chi connectivity index (χ2v) is 10.6. The standard InChI is InChI=1S/C14H12Se4/c1-2-8-16-12-6-14-18-10-4-3-9-17-13-5-11-15-7-1/h5-6,11-14H2. The Labute approximate surface area is 136 Å². The van der Waals surface area contributed by atoms with E-state index in [0.29, 0.717) is 59.8 Å². The van der Waals surface area contributed by atoms with Crippen LogP contribution in [-0.2, 0) is 0 Å². The molecule has 0 nitrogen and oxygen atoms in total. The molecular weight excluding hydrogens is 484 g/mol. The molecule has 0 aromatic heterocycles. The molecule has 0 unspecified atom stereocenters. The molecule has 92 valence electrons. The van der Waals surface area contributed by atoms with Crippen molar-refractivity contribution in [2.45, 2.75) is 34.1 Å². The van der Waals surface area contributed by atoms with Gasteiger partial charge in [-0.05, 0) is 0 Å². The van der Waals surface area contributed by atoms with Gasteiger partial charge < -0.3 is 0 Å². The third-order valence-corrected chi connectivity index (χ3v) is 7.81. The van der Waals surface area contributed by atoms with Crippen LogP contribution in [0.3, 0.4) is 0 Å². The van der Waals surface area contributed by atoms with Crippen molar-refractivity contribution in [2.75, 3.05) is 0 Å². The SMILES string of the molecule is C1#C[Se]CCC[Se]C#CC#C[Se]CCC[Se]C#C1. The fourth-order valence-electron chi connectivity index (χ4n) is 0.857. The summed E-state index contributed by atoms with van der Waals surface area (Å²) in [6.45, 7) is 0. The predicted octanol–water partition coefficient (Wildman–Crippen LogP) is 1.11. The van der Waals surface area contributed by atoms with Gasteiger partial charge in [-0.15, -0.1) is 0 Å². The summed E-state index contributed by atoms with van der Waals surface area (Å²) in [5.74, 6) is 11.9. The Bertz CT molecular complexity index is 375. The first kappa shape index (κ1) is 16.4. The Morgan fingerprint density at radius 2 is 0.722 bits per heavy atom. The summed E-state index contributed by atoms with van der Waals surface area (Å²) in [5.41, 5.74) is 0. The first-order valence-electron chi connectivity index (χ1n) is 5.47. The summed E-state index contributed by atoms with van der Waals surface area (Å²) in [5, 5.41) is 4.96. The minimum atomic E-state index is 0.457. The van der Waals surface area contributed by atoms with Crippen LogP contribution in [-0.4, -0.2) is 59.8 Å². The van der Waals surface area contributed by atoms with Crippen molar-refractivity contribution in [3.05, 3.63) is 0 Å². The zero-order valence-electron chi connectivity index (χ0n) is 9.88. The van der Waals surface area contributed by atoms with Gasteiger partial charge in [0, 0.05) is 0 Å². The molecule has 0 bridgehead atoms. The molecule has 0 N–H and O–H groups in total. The second-order valence-electron chi connectivity index (χ2n) is 3.01. The second kappa shape index (κ2) is 13.7. The Kier molecular flexibility index (Phi) is 12.5. The van der Waals surface area contributed by atoms with Gasteiger partial charge >= 0.3 is 137 Å². The van der Waals surface area contributed by atoms with E-state index in [9.17, 15) is 0 Å². The molecule has 0 atom stereocenters. The molecule has 0 aliphatic carbocycles. The van der Waals surface area contributed by atoms with Crippen LogP contribution in [0, 0.1) is 43.0 Å². The maximum atomic E-state index is 3.19. The Balaban J connectivity index is 2.35. The van der Waals surface area contributed by atoms with E-state index in [4.69, 9.17) is 0 Å². The molecule has 0 spiro atoms. The normalized spacial score (nSPS) is 16.9. The van der Waals surface area contributed by atoms with Crippen LogP contribution in [0.1, 0.15) is 12.8 Å². The first-order valence-corrected chi connectivity index (χ1v) is 13.7. The average molecular weight is 496 g/mol. The van der Waals surface area contributed by atoms with E-state index in [0.717, 1.165) is 0 Å². The molecule has 0 saturated carbocycles. The molecule has 1 aliphatic heterocycles. The van der Waals surface area contributed by atoms with Crippen molar-refractivity contribution in [2.24, 2.45) is 0 Å². The molecule has 0 amide bonds. The summed E-state index contributed by atoms with van der Waals surface area (Å²) >= 11 is 1.83. The quantitative estimate of drug-likeness (QED) is 0.349. The van der Waals surface area contributed by atoms with Crippen molar-refractivity contribution < 1.29 is 0 Å². The van der Waals surface area contributed by atoms with Gasteiger partial charge in [-0.2, -0.15) is 0 Å². The van der Waals surface area contributed by atoms with Gasteiger partial charge in [0.1, 0.15) is 0 Å². The van der Waals surface area contributed by atoms with Gasteiger partial charge in [-0.25, -0.2) is 0 Å². The van der Waals surface area contributed by atoms with Gasteiger partial charge in [-0.3, -0.25) is 0 Å². The molecule has 0 aromatic carbocycles. The molecule has 0 aromatic rings. The van der Waals surface area contributed by atoms with Crippen molar-refractivity contribution >= 4 is 59.8 Å². The zero-order chi connectivity index (χ0) is 12.7. The van der Waals surface area contributed by atoms with Crippen LogP contribution in [0.25, 0.3) is 0 Å². The molecule has 18 heavy (non-hydrogen) atoms. The maximum absolute atomic E-state index is 3.19. The van der Waals surface area contributed by atoms with Gasteiger partial charge in [0.15, 0.2) is 0 Å². The summed E-state index contributed by atoms with van der Waals surface area (Å²) < 4.78 is 0. The van der Waals surface area contributed by atoms with Gasteiger partial charge in [0.05, 0.1) is 0 Å². The molecule has 0 saturated heterocycles. The third-order valence-electron chi connectivity index (χ3n) is 1.60. The molecular formula is C14H12Se4. The van der Waals surface area contributed by atoms with E-state index in [2.05, 4.69) is 43.0 Å². The van der Waals surface area contributed by atoms with E-state index in [1.54, 1.807) is 0 Å². The summed E-state index contributed by atoms with van der Waals surface area (Å²) in [7, 11) is 0. The number of hydrogen-bond acceptors (Lipinski definition) is 0. The van der Waals surface area contributed by atoms with Gasteiger partial charge in [0.2, 0.25) is 0 Å². The molecule has 1 aliphatic rings. The van der Waals surface area contributed by atoms with E-state index in [1.807, 2.05) is 0 Å². The van der Waals surface area contributed by atoms with E-state index < -0.39 is 0 Å². The monoisotopic (exact) mass is 500 g/mol. The van der Waals surface area contributed by atoms with E-state index in [1.165, 1.54) is 34.1 Å². The van der Waals surface area contributed by atoms with Crippen LogP contribution in [0.2, 0.25) is 21.3 Å². The van der Waals surface area contributed by atoms with E-state index >= 15 is 0 Å². The Hall–Kier alpha value is 0.318. The number of hydrogen-bond donors (Lipinski definition) is 0. The molecule has 1 heterocycles. The molecule has 0 radical (unpaired) electrons. The van der Waals surface area contributed by atoms with Crippen LogP contribution in [0.5, 0.6) is 0 Å². The Morgan fingerprint density at radius 3 is 1.00 bits per heavy atom. The Morgan fingerprint density at radius 1 is 0.444 bits per heavy atom.